The van der Waals surface area contributed by atoms with Crippen molar-refractivity contribution in [2.45, 2.75) is 40.3 Å². The fourth-order valence-electron chi connectivity index (χ4n) is 3.72. The molecule has 0 radical (unpaired) electrons. The molecule has 1 aliphatic heterocycles. The number of aryl methyl sites for hydroxylation is 1. The number of aromatic nitrogens is 4. The third kappa shape index (κ3) is 4.36. The molecule has 0 aliphatic carbocycles. The predicted molar refractivity (Wildman–Crippen MR) is 116 cm³/mol. The minimum atomic E-state index is 0.555. The van der Waals surface area contributed by atoms with E-state index in [0.29, 0.717) is 6.54 Å². The zero-order chi connectivity index (χ0) is 20.2. The largest absolute Gasteiger partial charge is 0.342 e. The number of nitrogens with one attached hydrogen (secondary N) is 1. The summed E-state index contributed by atoms with van der Waals surface area (Å²) in [4.78, 5) is 13.2. The van der Waals surface area contributed by atoms with Gasteiger partial charge in [0.2, 0.25) is 0 Å². The molecular weight excluding hydrogens is 360 g/mol. The SMILES string of the molecule is CCCN1Cc2[nH]c(-c3cnn(CC#Cc4cccc(C)c4)c3)nc2N(CC)C1. The summed E-state index contributed by atoms with van der Waals surface area (Å²) >= 11 is 0. The molecule has 3 heterocycles. The average molecular weight is 389 g/mol. The Labute approximate surface area is 172 Å². The number of fused-ring (bicyclic) bond motifs is 1. The predicted octanol–water partition coefficient (Wildman–Crippen LogP) is 3.64. The van der Waals surface area contributed by atoms with Crippen LogP contribution in [0.1, 0.15) is 37.1 Å². The van der Waals surface area contributed by atoms with E-state index in [2.05, 4.69) is 64.6 Å². The number of hydrogen-bond acceptors (Lipinski definition) is 4. The van der Waals surface area contributed by atoms with Crippen LogP contribution in [0.3, 0.4) is 0 Å². The highest BCUT2D eigenvalue weighted by Gasteiger charge is 2.25. The van der Waals surface area contributed by atoms with Crippen LogP contribution in [0.2, 0.25) is 0 Å². The quantitative estimate of drug-likeness (QED) is 0.678. The average Bonchev–Trinajstić information content (AvgIpc) is 3.34. The molecule has 29 heavy (non-hydrogen) atoms. The van der Waals surface area contributed by atoms with Crippen LogP contribution in [-0.4, -0.2) is 44.4 Å². The lowest BCUT2D eigenvalue weighted by Crippen LogP contribution is -2.42. The van der Waals surface area contributed by atoms with Crippen molar-refractivity contribution in [2.75, 3.05) is 24.7 Å². The number of anilines is 1. The third-order valence-corrected chi connectivity index (χ3v) is 5.13. The van der Waals surface area contributed by atoms with Gasteiger partial charge in [-0.3, -0.25) is 9.58 Å². The Bertz CT molecular complexity index is 1040. The molecule has 0 saturated carbocycles. The number of imidazole rings is 1. The van der Waals surface area contributed by atoms with E-state index in [1.54, 1.807) is 0 Å². The molecule has 0 bridgehead atoms. The van der Waals surface area contributed by atoms with Gasteiger partial charge in [-0.2, -0.15) is 5.10 Å². The summed E-state index contributed by atoms with van der Waals surface area (Å²) in [6, 6.07) is 8.24. The Kier molecular flexibility index (Phi) is 5.68. The van der Waals surface area contributed by atoms with Gasteiger partial charge in [0.1, 0.15) is 12.4 Å². The lowest BCUT2D eigenvalue weighted by atomic mass is 10.1. The fourth-order valence-corrected chi connectivity index (χ4v) is 3.72. The number of hydrogen-bond donors (Lipinski definition) is 1. The van der Waals surface area contributed by atoms with Crippen molar-refractivity contribution in [1.29, 1.82) is 0 Å². The Hall–Kier alpha value is -3.04. The summed E-state index contributed by atoms with van der Waals surface area (Å²) in [5.41, 5.74) is 4.44. The molecule has 4 rings (SSSR count). The first-order valence-electron chi connectivity index (χ1n) is 10.3. The zero-order valence-electron chi connectivity index (χ0n) is 17.4. The molecule has 6 heteroatoms. The maximum Gasteiger partial charge on any atom is 0.152 e. The zero-order valence-corrected chi connectivity index (χ0v) is 17.4. The summed E-state index contributed by atoms with van der Waals surface area (Å²) in [5, 5.41) is 4.46. The molecule has 150 valence electrons. The smallest absolute Gasteiger partial charge is 0.152 e. The monoisotopic (exact) mass is 388 g/mol. The highest BCUT2D eigenvalue weighted by molar-refractivity contribution is 5.60. The summed E-state index contributed by atoms with van der Waals surface area (Å²) in [6.07, 6.45) is 5.03. The van der Waals surface area contributed by atoms with Crippen molar-refractivity contribution in [1.82, 2.24) is 24.6 Å². The summed E-state index contributed by atoms with van der Waals surface area (Å²) in [5.74, 6) is 8.36. The Morgan fingerprint density at radius 3 is 2.93 bits per heavy atom. The fraction of sp³-hybridized carbons (Fsp3) is 0.391. The van der Waals surface area contributed by atoms with Gasteiger partial charge in [-0.15, -0.1) is 0 Å². The van der Waals surface area contributed by atoms with Gasteiger partial charge in [-0.05, 0) is 44.5 Å². The van der Waals surface area contributed by atoms with E-state index in [0.717, 1.165) is 55.5 Å². The van der Waals surface area contributed by atoms with Crippen LogP contribution in [0.25, 0.3) is 11.4 Å². The number of benzene rings is 1. The van der Waals surface area contributed by atoms with Crippen molar-refractivity contribution in [2.24, 2.45) is 0 Å². The van der Waals surface area contributed by atoms with Crippen LogP contribution in [0.5, 0.6) is 0 Å². The highest BCUT2D eigenvalue weighted by atomic mass is 15.4. The van der Waals surface area contributed by atoms with Crippen LogP contribution in [0, 0.1) is 18.8 Å². The molecule has 6 nitrogen and oxygen atoms in total. The molecule has 0 spiro atoms. The third-order valence-electron chi connectivity index (χ3n) is 5.13. The topological polar surface area (TPSA) is 53.0 Å². The number of nitrogens with zero attached hydrogens (tertiary/aromatic N) is 5. The maximum atomic E-state index is 4.87. The Balaban J connectivity index is 1.49. The molecule has 0 saturated heterocycles. The molecule has 2 aromatic heterocycles. The second-order valence-electron chi connectivity index (χ2n) is 7.54. The summed E-state index contributed by atoms with van der Waals surface area (Å²) in [7, 11) is 0. The Morgan fingerprint density at radius 1 is 1.24 bits per heavy atom. The van der Waals surface area contributed by atoms with Crippen LogP contribution in [0.4, 0.5) is 5.82 Å². The van der Waals surface area contributed by atoms with E-state index in [1.807, 2.05) is 29.2 Å². The highest BCUT2D eigenvalue weighted by Crippen LogP contribution is 2.28. The van der Waals surface area contributed by atoms with Gasteiger partial charge in [0, 0.05) is 24.8 Å². The second kappa shape index (κ2) is 8.54. The van der Waals surface area contributed by atoms with Gasteiger partial charge in [0.25, 0.3) is 0 Å². The lowest BCUT2D eigenvalue weighted by molar-refractivity contribution is 0.250. The first-order chi connectivity index (χ1) is 14.2. The second-order valence-corrected chi connectivity index (χ2v) is 7.54. The normalized spacial score (nSPS) is 13.8. The molecule has 0 atom stereocenters. The standard InChI is InChI=1S/C23H28N6/c1-4-11-27-16-21-23(28(5-2)17-27)26-22(25-21)20-14-24-29(15-20)12-7-10-19-9-6-8-18(3)13-19/h6,8-9,13-15H,4-5,11-12,16-17H2,1-3H3,(H,25,26). The van der Waals surface area contributed by atoms with Crippen LogP contribution >= 0.6 is 0 Å². The van der Waals surface area contributed by atoms with Crippen molar-refractivity contribution >= 4 is 5.82 Å². The van der Waals surface area contributed by atoms with Crippen LogP contribution < -0.4 is 4.90 Å². The van der Waals surface area contributed by atoms with E-state index < -0.39 is 0 Å². The lowest BCUT2D eigenvalue weighted by Gasteiger charge is -2.34. The Morgan fingerprint density at radius 2 is 2.14 bits per heavy atom. The van der Waals surface area contributed by atoms with Gasteiger partial charge in [0.15, 0.2) is 5.82 Å². The van der Waals surface area contributed by atoms with Crippen LogP contribution in [-0.2, 0) is 13.1 Å². The van der Waals surface area contributed by atoms with Crippen LogP contribution in [0.15, 0.2) is 36.7 Å². The molecule has 0 amide bonds. The van der Waals surface area contributed by atoms with Gasteiger partial charge in [0.05, 0.1) is 24.1 Å². The van der Waals surface area contributed by atoms with Crippen molar-refractivity contribution in [3.05, 3.63) is 53.5 Å². The van der Waals surface area contributed by atoms with E-state index in [9.17, 15) is 0 Å². The molecule has 1 N–H and O–H groups in total. The molecular formula is C23H28N6. The van der Waals surface area contributed by atoms with Crippen molar-refractivity contribution < 1.29 is 0 Å². The van der Waals surface area contributed by atoms with Gasteiger partial charge < -0.3 is 9.88 Å². The molecule has 1 aromatic carbocycles. The number of H-pyrrole nitrogens is 1. The van der Waals surface area contributed by atoms with Crippen molar-refractivity contribution in [3.63, 3.8) is 0 Å². The first kappa shape index (κ1) is 19.3. The van der Waals surface area contributed by atoms with Gasteiger partial charge >= 0.3 is 0 Å². The minimum absolute atomic E-state index is 0.555. The number of aromatic amines is 1. The molecule has 3 aromatic rings. The van der Waals surface area contributed by atoms with Crippen molar-refractivity contribution in [3.8, 4) is 23.2 Å². The first-order valence-corrected chi connectivity index (χ1v) is 10.3. The summed E-state index contributed by atoms with van der Waals surface area (Å²) < 4.78 is 1.86. The van der Waals surface area contributed by atoms with E-state index in [4.69, 9.17) is 4.98 Å². The van der Waals surface area contributed by atoms with Gasteiger partial charge in [-0.1, -0.05) is 30.9 Å². The molecule has 0 fully saturated rings. The summed E-state index contributed by atoms with van der Waals surface area (Å²) in [6.45, 7) is 10.9. The van der Waals surface area contributed by atoms with E-state index in [-0.39, 0.29) is 0 Å². The molecule has 0 unspecified atom stereocenters. The maximum absolute atomic E-state index is 4.87. The van der Waals surface area contributed by atoms with E-state index in [1.165, 1.54) is 11.3 Å². The number of rotatable bonds is 5. The molecule has 1 aliphatic rings. The minimum Gasteiger partial charge on any atom is -0.342 e. The van der Waals surface area contributed by atoms with E-state index >= 15 is 0 Å². The van der Waals surface area contributed by atoms with Gasteiger partial charge in [-0.25, -0.2) is 4.98 Å².